The van der Waals surface area contributed by atoms with Gasteiger partial charge in [-0.3, -0.25) is 0 Å². The topological polar surface area (TPSA) is 49.9 Å². The standard InChI is InChI=1S/C41H27N3O/c1-3-12-28(13-4-1)39-42-40(29-14-5-2-6-15-29)44-41(43-39)34-24-23-32(38-37(34)33-17-9-10-18-36(33)45-38)30-22-21-27-20-19-26-11-7-8-16-31(26)35(27)25-30/h1-25,39H,(H,42,43,44). The number of nitrogens with one attached hydrogen (secondary N) is 1. The predicted octanol–water partition coefficient (Wildman–Crippen LogP) is 10.1. The van der Waals surface area contributed by atoms with Crippen LogP contribution in [0.1, 0.15) is 22.9 Å². The van der Waals surface area contributed by atoms with Gasteiger partial charge in [0.25, 0.3) is 0 Å². The number of benzene rings is 7. The molecule has 1 unspecified atom stereocenters. The van der Waals surface area contributed by atoms with Crippen LogP contribution in [-0.4, -0.2) is 11.7 Å². The molecule has 0 fully saturated rings. The lowest BCUT2D eigenvalue weighted by Gasteiger charge is -2.24. The average molecular weight is 578 g/mol. The highest BCUT2D eigenvalue weighted by Gasteiger charge is 2.24. The van der Waals surface area contributed by atoms with E-state index in [1.54, 1.807) is 0 Å². The summed E-state index contributed by atoms with van der Waals surface area (Å²) >= 11 is 0. The smallest absolute Gasteiger partial charge is 0.160 e. The molecule has 0 bridgehead atoms. The molecule has 1 atom stereocenters. The summed E-state index contributed by atoms with van der Waals surface area (Å²) in [7, 11) is 0. The monoisotopic (exact) mass is 577 g/mol. The minimum Gasteiger partial charge on any atom is -0.455 e. The molecule has 7 aromatic carbocycles. The van der Waals surface area contributed by atoms with Crippen LogP contribution in [0.25, 0.3) is 54.6 Å². The first kappa shape index (κ1) is 25.5. The van der Waals surface area contributed by atoms with Gasteiger partial charge in [0.1, 0.15) is 23.2 Å². The van der Waals surface area contributed by atoms with Gasteiger partial charge in [-0.1, -0.05) is 127 Å². The van der Waals surface area contributed by atoms with E-state index in [0.29, 0.717) is 5.84 Å². The molecular weight excluding hydrogens is 550 g/mol. The second-order valence-corrected chi connectivity index (χ2v) is 11.4. The molecule has 212 valence electrons. The molecular formula is C41H27N3O. The van der Waals surface area contributed by atoms with Crippen molar-refractivity contribution >= 4 is 55.2 Å². The van der Waals surface area contributed by atoms with Crippen LogP contribution in [0.2, 0.25) is 0 Å². The highest BCUT2D eigenvalue weighted by molar-refractivity contribution is 6.24. The number of rotatable bonds is 4. The number of nitrogens with zero attached hydrogens (tertiary/aromatic N) is 2. The lowest BCUT2D eigenvalue weighted by atomic mass is 9.94. The molecule has 1 N–H and O–H groups in total. The fraction of sp³-hybridized carbons (Fsp3) is 0.0244. The molecule has 0 spiro atoms. The molecule has 0 saturated heterocycles. The van der Waals surface area contributed by atoms with E-state index in [1.165, 1.54) is 21.5 Å². The molecule has 9 rings (SSSR count). The molecule has 1 aromatic heterocycles. The lowest BCUT2D eigenvalue weighted by molar-refractivity contribution is 0.669. The van der Waals surface area contributed by atoms with Crippen LogP contribution in [0, 0.1) is 0 Å². The fourth-order valence-corrected chi connectivity index (χ4v) is 6.53. The van der Waals surface area contributed by atoms with E-state index >= 15 is 0 Å². The maximum absolute atomic E-state index is 6.67. The van der Waals surface area contributed by atoms with Crippen LogP contribution in [0.5, 0.6) is 0 Å². The van der Waals surface area contributed by atoms with Crippen molar-refractivity contribution in [2.45, 2.75) is 6.17 Å². The molecule has 1 aliphatic heterocycles. The summed E-state index contributed by atoms with van der Waals surface area (Å²) in [6.07, 6.45) is -0.282. The number of para-hydroxylation sites is 1. The van der Waals surface area contributed by atoms with Gasteiger partial charge in [-0.2, -0.15) is 0 Å². The molecule has 4 heteroatoms. The van der Waals surface area contributed by atoms with Crippen molar-refractivity contribution in [3.8, 4) is 11.1 Å². The molecule has 1 aliphatic rings. The lowest BCUT2D eigenvalue weighted by Crippen LogP contribution is -2.33. The second-order valence-electron chi connectivity index (χ2n) is 11.4. The van der Waals surface area contributed by atoms with Crippen LogP contribution in [0.4, 0.5) is 0 Å². The normalized spacial score (nSPS) is 14.9. The Kier molecular flexibility index (Phi) is 5.85. The molecule has 2 heterocycles. The predicted molar refractivity (Wildman–Crippen MR) is 186 cm³/mol. The van der Waals surface area contributed by atoms with Gasteiger partial charge in [0.2, 0.25) is 0 Å². The molecule has 45 heavy (non-hydrogen) atoms. The van der Waals surface area contributed by atoms with E-state index in [2.05, 4.69) is 108 Å². The van der Waals surface area contributed by atoms with Crippen LogP contribution in [0.15, 0.2) is 166 Å². The average Bonchev–Trinajstić information content (AvgIpc) is 3.51. The van der Waals surface area contributed by atoms with Crippen LogP contribution in [0.3, 0.4) is 0 Å². The van der Waals surface area contributed by atoms with Crippen LogP contribution >= 0.6 is 0 Å². The molecule has 0 radical (unpaired) electrons. The number of hydrogen-bond acceptors (Lipinski definition) is 4. The van der Waals surface area contributed by atoms with Crippen molar-refractivity contribution < 1.29 is 4.42 Å². The summed E-state index contributed by atoms with van der Waals surface area (Å²) in [4.78, 5) is 10.3. The Bertz CT molecular complexity index is 2460. The number of hydrogen-bond donors (Lipinski definition) is 1. The SMILES string of the molecule is c1ccc(C2=NC(c3ccc(-c4ccc5ccc6ccccc6c5c4)c4oc5ccccc5c34)=NC(c3ccccc3)N2)cc1. The number of furan rings is 1. The maximum Gasteiger partial charge on any atom is 0.160 e. The zero-order valence-electron chi connectivity index (χ0n) is 24.3. The summed E-state index contributed by atoms with van der Waals surface area (Å²) in [6.45, 7) is 0. The van der Waals surface area contributed by atoms with Gasteiger partial charge in [-0.05, 0) is 56.9 Å². The first-order valence-electron chi connectivity index (χ1n) is 15.2. The van der Waals surface area contributed by atoms with Crippen molar-refractivity contribution in [2.24, 2.45) is 9.98 Å². The number of amidine groups is 2. The van der Waals surface area contributed by atoms with E-state index < -0.39 is 0 Å². The zero-order valence-corrected chi connectivity index (χ0v) is 24.3. The Morgan fingerprint density at radius 3 is 2.04 bits per heavy atom. The Hall–Kier alpha value is -6.00. The Labute approximate surface area is 260 Å². The fourth-order valence-electron chi connectivity index (χ4n) is 6.53. The molecule has 8 aromatic rings. The zero-order chi connectivity index (χ0) is 29.7. The van der Waals surface area contributed by atoms with Crippen molar-refractivity contribution in [1.82, 2.24) is 5.32 Å². The summed E-state index contributed by atoms with van der Waals surface area (Å²) < 4.78 is 6.67. The number of fused-ring (bicyclic) bond motifs is 6. The van der Waals surface area contributed by atoms with E-state index in [1.807, 2.05) is 48.5 Å². The molecule has 0 aliphatic carbocycles. The molecule has 0 saturated carbocycles. The summed E-state index contributed by atoms with van der Waals surface area (Å²) in [5.74, 6) is 1.47. The van der Waals surface area contributed by atoms with Crippen molar-refractivity contribution in [3.63, 3.8) is 0 Å². The van der Waals surface area contributed by atoms with Crippen LogP contribution < -0.4 is 5.32 Å². The Morgan fingerprint density at radius 1 is 0.533 bits per heavy atom. The quantitative estimate of drug-likeness (QED) is 0.212. The van der Waals surface area contributed by atoms with Gasteiger partial charge < -0.3 is 9.73 Å². The highest BCUT2D eigenvalue weighted by Crippen LogP contribution is 2.40. The van der Waals surface area contributed by atoms with E-state index in [0.717, 1.165) is 55.6 Å². The van der Waals surface area contributed by atoms with Gasteiger partial charge in [0.15, 0.2) is 5.84 Å². The van der Waals surface area contributed by atoms with Crippen LogP contribution in [-0.2, 0) is 0 Å². The van der Waals surface area contributed by atoms with Crippen molar-refractivity contribution in [2.75, 3.05) is 0 Å². The second kappa shape index (κ2) is 10.3. The summed E-state index contributed by atoms with van der Waals surface area (Å²) in [5.41, 5.74) is 6.86. The largest absolute Gasteiger partial charge is 0.455 e. The summed E-state index contributed by atoms with van der Waals surface area (Å²) in [5, 5.41) is 10.6. The Morgan fingerprint density at radius 2 is 1.20 bits per heavy atom. The minimum absolute atomic E-state index is 0.282. The Balaban J connectivity index is 1.28. The molecule has 0 amide bonds. The highest BCUT2D eigenvalue weighted by atomic mass is 16.3. The summed E-state index contributed by atoms with van der Waals surface area (Å²) in [6, 6.07) is 52.7. The van der Waals surface area contributed by atoms with Crippen molar-refractivity contribution in [1.29, 1.82) is 0 Å². The minimum atomic E-state index is -0.282. The van der Waals surface area contributed by atoms with Gasteiger partial charge in [0.05, 0.1) is 0 Å². The van der Waals surface area contributed by atoms with Gasteiger partial charge in [0, 0.05) is 27.5 Å². The van der Waals surface area contributed by atoms with E-state index in [-0.39, 0.29) is 6.17 Å². The first-order chi connectivity index (χ1) is 22.3. The van der Waals surface area contributed by atoms with Gasteiger partial charge in [-0.15, -0.1) is 0 Å². The van der Waals surface area contributed by atoms with Gasteiger partial charge >= 0.3 is 0 Å². The third kappa shape index (κ3) is 4.30. The van der Waals surface area contributed by atoms with E-state index in [9.17, 15) is 0 Å². The first-order valence-corrected chi connectivity index (χ1v) is 15.2. The van der Waals surface area contributed by atoms with Crippen molar-refractivity contribution in [3.05, 3.63) is 168 Å². The number of aliphatic imine (C=N–C) groups is 2. The maximum atomic E-state index is 6.67. The third-order valence-electron chi connectivity index (χ3n) is 8.73. The van der Waals surface area contributed by atoms with Gasteiger partial charge in [-0.25, -0.2) is 9.98 Å². The molecule has 4 nitrogen and oxygen atoms in total. The van der Waals surface area contributed by atoms with E-state index in [4.69, 9.17) is 14.4 Å². The third-order valence-corrected chi connectivity index (χ3v) is 8.73.